The second-order valence-corrected chi connectivity index (χ2v) is 9.93. The zero-order chi connectivity index (χ0) is 21.8. The zero-order valence-corrected chi connectivity index (χ0v) is 19.9. The zero-order valence-electron chi connectivity index (χ0n) is 18.2. The molecule has 1 saturated heterocycles. The molecule has 164 valence electrons. The molecule has 1 aliphatic heterocycles. The molecule has 7 heteroatoms. The van der Waals surface area contributed by atoms with E-state index in [1.165, 1.54) is 5.56 Å². The van der Waals surface area contributed by atoms with E-state index >= 15 is 0 Å². The van der Waals surface area contributed by atoms with Crippen LogP contribution in [0.3, 0.4) is 0 Å². The van der Waals surface area contributed by atoms with E-state index in [4.69, 9.17) is 14.5 Å². The Morgan fingerprint density at radius 3 is 2.68 bits per heavy atom. The first-order chi connectivity index (χ1) is 15.0. The van der Waals surface area contributed by atoms with E-state index in [1.54, 1.807) is 30.2 Å². The second-order valence-electron chi connectivity index (χ2n) is 7.79. The molecule has 1 aromatic heterocycles. The van der Waals surface area contributed by atoms with Gasteiger partial charge in [0.1, 0.15) is 5.75 Å². The smallest absolute Gasteiger partial charge is 0.229 e. The molecule has 2 aromatic carbocycles. The van der Waals surface area contributed by atoms with E-state index in [0.29, 0.717) is 13.0 Å². The molecular formula is C24H28N2O3S2. The fraction of sp³-hybridized carbons (Fsp3) is 0.417. The number of benzene rings is 2. The molecule has 4 rings (SSSR count). The Morgan fingerprint density at radius 1 is 1.23 bits per heavy atom. The summed E-state index contributed by atoms with van der Waals surface area (Å²) >= 11 is 3.29. The fourth-order valence-electron chi connectivity index (χ4n) is 3.71. The monoisotopic (exact) mass is 456 g/mol. The third kappa shape index (κ3) is 5.22. The largest absolute Gasteiger partial charge is 0.497 e. The SMILES string of the molecule is COc1ccc(SCCC(=O)N(CC2CCCO2)c2nc3c(C)ccc(C)c3s2)cc1. The summed E-state index contributed by atoms with van der Waals surface area (Å²) in [6, 6.07) is 12.2. The van der Waals surface area contributed by atoms with Gasteiger partial charge in [0.25, 0.3) is 0 Å². The minimum absolute atomic E-state index is 0.0902. The van der Waals surface area contributed by atoms with Crippen molar-refractivity contribution in [2.24, 2.45) is 0 Å². The van der Waals surface area contributed by atoms with Crippen LogP contribution in [-0.2, 0) is 9.53 Å². The number of amides is 1. The van der Waals surface area contributed by atoms with Gasteiger partial charge in [0.05, 0.1) is 30.0 Å². The van der Waals surface area contributed by atoms with Gasteiger partial charge < -0.3 is 9.47 Å². The molecule has 1 atom stereocenters. The first kappa shape index (κ1) is 22.1. The van der Waals surface area contributed by atoms with E-state index in [2.05, 4.69) is 26.0 Å². The molecule has 0 bridgehead atoms. The Bertz CT molecular complexity index is 1000. The number of anilines is 1. The summed E-state index contributed by atoms with van der Waals surface area (Å²) in [7, 11) is 1.66. The average molecular weight is 457 g/mol. The number of aromatic nitrogens is 1. The summed E-state index contributed by atoms with van der Waals surface area (Å²) in [5, 5.41) is 0.780. The van der Waals surface area contributed by atoms with Gasteiger partial charge in [-0.15, -0.1) is 11.8 Å². The number of hydrogen-bond acceptors (Lipinski definition) is 6. The lowest BCUT2D eigenvalue weighted by Gasteiger charge is -2.23. The number of nitrogens with zero attached hydrogens (tertiary/aromatic N) is 2. The van der Waals surface area contributed by atoms with E-state index in [0.717, 1.165) is 56.8 Å². The first-order valence-electron chi connectivity index (χ1n) is 10.6. The predicted molar refractivity (Wildman–Crippen MR) is 129 cm³/mol. The molecule has 0 radical (unpaired) electrons. The van der Waals surface area contributed by atoms with Crippen molar-refractivity contribution in [2.75, 3.05) is 30.9 Å². The van der Waals surface area contributed by atoms with Crippen molar-refractivity contribution in [3.05, 3.63) is 47.5 Å². The van der Waals surface area contributed by atoms with Crippen LogP contribution in [-0.4, -0.2) is 43.0 Å². The number of carbonyl (C=O) groups is 1. The Kier molecular flexibility index (Phi) is 7.15. The summed E-state index contributed by atoms with van der Waals surface area (Å²) in [6.07, 6.45) is 2.59. The Hall–Kier alpha value is -2.09. The van der Waals surface area contributed by atoms with Crippen LogP contribution in [0.4, 0.5) is 5.13 Å². The van der Waals surface area contributed by atoms with E-state index in [9.17, 15) is 4.79 Å². The lowest BCUT2D eigenvalue weighted by Crippen LogP contribution is -2.37. The Balaban J connectivity index is 1.49. The van der Waals surface area contributed by atoms with Gasteiger partial charge in [0, 0.05) is 23.7 Å². The maximum Gasteiger partial charge on any atom is 0.229 e. The van der Waals surface area contributed by atoms with Gasteiger partial charge in [0.15, 0.2) is 5.13 Å². The number of methoxy groups -OCH3 is 1. The number of thiazole rings is 1. The van der Waals surface area contributed by atoms with Crippen LogP contribution in [0.25, 0.3) is 10.2 Å². The summed E-state index contributed by atoms with van der Waals surface area (Å²) < 4.78 is 12.2. The highest BCUT2D eigenvalue weighted by Gasteiger charge is 2.26. The van der Waals surface area contributed by atoms with E-state index in [1.807, 2.05) is 29.2 Å². The van der Waals surface area contributed by atoms with Crippen LogP contribution in [0.5, 0.6) is 5.75 Å². The normalized spacial score (nSPS) is 16.0. The Morgan fingerprint density at radius 2 is 2.00 bits per heavy atom. The lowest BCUT2D eigenvalue weighted by atomic mass is 10.1. The number of aryl methyl sites for hydroxylation is 2. The molecule has 0 aliphatic carbocycles. The van der Waals surface area contributed by atoms with Gasteiger partial charge in [-0.2, -0.15) is 0 Å². The number of carbonyl (C=O) groups excluding carboxylic acids is 1. The Labute approximate surface area is 191 Å². The summed E-state index contributed by atoms with van der Waals surface area (Å²) in [5.41, 5.74) is 3.34. The summed E-state index contributed by atoms with van der Waals surface area (Å²) in [6.45, 7) is 5.52. The molecule has 1 amide bonds. The number of rotatable bonds is 8. The molecular weight excluding hydrogens is 428 g/mol. The van der Waals surface area contributed by atoms with Crippen molar-refractivity contribution in [2.45, 2.75) is 44.1 Å². The van der Waals surface area contributed by atoms with Crippen molar-refractivity contribution in [3.8, 4) is 5.75 Å². The topological polar surface area (TPSA) is 51.7 Å². The molecule has 3 aromatic rings. The molecule has 0 N–H and O–H groups in total. The maximum atomic E-state index is 13.3. The van der Waals surface area contributed by atoms with Gasteiger partial charge >= 0.3 is 0 Å². The molecule has 31 heavy (non-hydrogen) atoms. The number of ether oxygens (including phenoxy) is 2. The van der Waals surface area contributed by atoms with Crippen LogP contribution in [0.2, 0.25) is 0 Å². The molecule has 1 fully saturated rings. The highest BCUT2D eigenvalue weighted by atomic mass is 32.2. The van der Waals surface area contributed by atoms with Crippen molar-refractivity contribution in [1.29, 1.82) is 0 Å². The minimum Gasteiger partial charge on any atom is -0.497 e. The number of hydrogen-bond donors (Lipinski definition) is 0. The molecule has 5 nitrogen and oxygen atoms in total. The third-order valence-corrected chi connectivity index (χ3v) is 7.74. The number of thioether (sulfide) groups is 1. The first-order valence-corrected chi connectivity index (χ1v) is 12.4. The van der Waals surface area contributed by atoms with Crippen molar-refractivity contribution in [3.63, 3.8) is 0 Å². The summed E-state index contributed by atoms with van der Waals surface area (Å²) in [4.78, 5) is 21.1. The maximum absolute atomic E-state index is 13.3. The quantitative estimate of drug-likeness (QED) is 0.412. The van der Waals surface area contributed by atoms with Crippen LogP contribution < -0.4 is 9.64 Å². The van der Waals surface area contributed by atoms with Crippen LogP contribution >= 0.6 is 23.1 Å². The highest BCUT2D eigenvalue weighted by molar-refractivity contribution is 7.99. The molecule has 2 heterocycles. The van der Waals surface area contributed by atoms with Crippen LogP contribution in [0.15, 0.2) is 41.3 Å². The molecule has 0 saturated carbocycles. The van der Waals surface area contributed by atoms with Gasteiger partial charge in [-0.3, -0.25) is 9.69 Å². The van der Waals surface area contributed by atoms with Crippen LogP contribution in [0, 0.1) is 13.8 Å². The standard InChI is InChI=1S/C24H28N2O3S2/c1-16-6-7-17(2)23-22(16)25-24(31-23)26(15-19-5-4-13-29-19)21(27)12-14-30-20-10-8-18(28-3)9-11-20/h6-11,19H,4-5,12-15H2,1-3H3. The van der Waals surface area contributed by atoms with Crippen molar-refractivity contribution >= 4 is 44.4 Å². The van der Waals surface area contributed by atoms with Gasteiger partial charge in [0.2, 0.25) is 5.91 Å². The number of fused-ring (bicyclic) bond motifs is 1. The predicted octanol–water partition coefficient (Wildman–Crippen LogP) is 5.62. The van der Waals surface area contributed by atoms with Gasteiger partial charge in [-0.25, -0.2) is 4.98 Å². The molecule has 1 unspecified atom stereocenters. The van der Waals surface area contributed by atoms with Crippen LogP contribution in [0.1, 0.15) is 30.4 Å². The summed E-state index contributed by atoms with van der Waals surface area (Å²) in [5.74, 6) is 1.66. The molecule has 1 aliphatic rings. The van der Waals surface area contributed by atoms with E-state index in [-0.39, 0.29) is 12.0 Å². The van der Waals surface area contributed by atoms with Gasteiger partial charge in [-0.05, 0) is 62.1 Å². The second kappa shape index (κ2) is 10.0. The highest BCUT2D eigenvalue weighted by Crippen LogP contribution is 2.34. The van der Waals surface area contributed by atoms with Crippen molar-refractivity contribution < 1.29 is 14.3 Å². The average Bonchev–Trinajstić information content (AvgIpc) is 3.45. The minimum atomic E-state index is 0.0902. The lowest BCUT2D eigenvalue weighted by molar-refractivity contribution is -0.118. The third-order valence-electron chi connectivity index (χ3n) is 5.52. The molecule has 0 spiro atoms. The van der Waals surface area contributed by atoms with Crippen molar-refractivity contribution in [1.82, 2.24) is 4.98 Å². The fourth-order valence-corrected chi connectivity index (χ4v) is 5.68. The van der Waals surface area contributed by atoms with E-state index < -0.39 is 0 Å². The van der Waals surface area contributed by atoms with Gasteiger partial charge in [-0.1, -0.05) is 23.5 Å².